The molecule has 1 aliphatic heterocycles. The topological polar surface area (TPSA) is 61.6 Å². The Labute approximate surface area is 189 Å². The smallest absolute Gasteiger partial charge is 0.227 e. The minimum Gasteiger partial charge on any atom is -0.369 e. The number of anilines is 1. The first-order valence-electron chi connectivity index (χ1n) is 11.5. The van der Waals surface area contributed by atoms with E-state index in [1.807, 2.05) is 19.1 Å². The number of nitrogens with one attached hydrogen (secondary N) is 1. The summed E-state index contributed by atoms with van der Waals surface area (Å²) in [4.78, 5) is 17.2. The number of hydrogen-bond donors (Lipinski definition) is 1. The summed E-state index contributed by atoms with van der Waals surface area (Å²) in [5, 5.41) is 7.83. The Balaban J connectivity index is 1.13. The van der Waals surface area contributed by atoms with Crippen LogP contribution in [0.5, 0.6) is 0 Å². The summed E-state index contributed by atoms with van der Waals surface area (Å²) in [7, 11) is 0. The van der Waals surface area contributed by atoms with Crippen molar-refractivity contribution in [2.75, 3.05) is 37.6 Å². The highest BCUT2D eigenvalue weighted by atomic mass is 35.5. The average Bonchev–Trinajstić information content (AvgIpc) is 3.14. The van der Waals surface area contributed by atoms with Gasteiger partial charge < -0.3 is 14.7 Å². The molecule has 1 amide bonds. The molecule has 0 bridgehead atoms. The first-order chi connectivity index (χ1) is 15.0. The standard InChI is InChI=1S/C24H33ClN4O2/c1-3-21-22(25)5-4-6-23(21)29-11-9-28(10-12-29)8-7-18-14-19(15-18)26-24(30)16-20-13-17(2)27-31-20/h4-6,13,18-19H,3,7-12,14-16H2,1-2H3,(H,26,30). The summed E-state index contributed by atoms with van der Waals surface area (Å²) in [6, 6.07) is 8.38. The molecule has 2 aliphatic rings. The molecule has 31 heavy (non-hydrogen) atoms. The van der Waals surface area contributed by atoms with E-state index in [4.69, 9.17) is 16.1 Å². The summed E-state index contributed by atoms with van der Waals surface area (Å²) in [5.41, 5.74) is 3.37. The van der Waals surface area contributed by atoms with Crippen LogP contribution in [0, 0.1) is 12.8 Å². The van der Waals surface area contributed by atoms with E-state index in [0.717, 1.165) is 68.6 Å². The Kier molecular flexibility index (Phi) is 7.18. The van der Waals surface area contributed by atoms with Gasteiger partial charge in [0.25, 0.3) is 0 Å². The molecule has 1 aromatic carbocycles. The molecule has 4 rings (SSSR count). The number of piperazine rings is 1. The van der Waals surface area contributed by atoms with Crippen molar-refractivity contribution in [3.63, 3.8) is 0 Å². The molecule has 0 unspecified atom stereocenters. The van der Waals surface area contributed by atoms with Gasteiger partial charge in [0.15, 0.2) is 0 Å². The molecule has 2 heterocycles. The van der Waals surface area contributed by atoms with Gasteiger partial charge in [0, 0.05) is 49.0 Å². The molecule has 1 saturated carbocycles. The van der Waals surface area contributed by atoms with Crippen LogP contribution in [0.2, 0.25) is 5.02 Å². The van der Waals surface area contributed by atoms with Gasteiger partial charge in [-0.3, -0.25) is 9.69 Å². The minimum atomic E-state index is 0.0307. The van der Waals surface area contributed by atoms with E-state index in [1.165, 1.54) is 17.7 Å². The molecule has 7 heteroatoms. The van der Waals surface area contributed by atoms with Gasteiger partial charge in [-0.2, -0.15) is 0 Å². The fraction of sp³-hybridized carbons (Fsp3) is 0.583. The summed E-state index contributed by atoms with van der Waals surface area (Å²) in [6.45, 7) is 9.48. The minimum absolute atomic E-state index is 0.0307. The lowest BCUT2D eigenvalue weighted by Crippen LogP contribution is -2.48. The van der Waals surface area contributed by atoms with E-state index >= 15 is 0 Å². The van der Waals surface area contributed by atoms with Crippen molar-refractivity contribution in [3.05, 3.63) is 46.3 Å². The molecule has 0 atom stereocenters. The number of rotatable bonds is 8. The van der Waals surface area contributed by atoms with Gasteiger partial charge in [0.1, 0.15) is 5.76 Å². The van der Waals surface area contributed by atoms with Gasteiger partial charge in [-0.1, -0.05) is 29.7 Å². The second-order valence-corrected chi connectivity index (χ2v) is 9.33. The number of aromatic nitrogens is 1. The van der Waals surface area contributed by atoms with Crippen LogP contribution in [0.4, 0.5) is 5.69 Å². The lowest BCUT2D eigenvalue weighted by molar-refractivity contribution is -0.122. The molecule has 2 aromatic rings. The zero-order valence-electron chi connectivity index (χ0n) is 18.6. The van der Waals surface area contributed by atoms with E-state index < -0.39 is 0 Å². The van der Waals surface area contributed by atoms with Crippen LogP contribution in [0.3, 0.4) is 0 Å². The maximum atomic E-state index is 12.1. The highest BCUT2D eigenvalue weighted by Gasteiger charge is 2.31. The molecule has 1 N–H and O–H groups in total. The van der Waals surface area contributed by atoms with Gasteiger partial charge in [0.05, 0.1) is 12.1 Å². The average molecular weight is 445 g/mol. The van der Waals surface area contributed by atoms with Crippen LogP contribution in [0.25, 0.3) is 0 Å². The van der Waals surface area contributed by atoms with Crippen LogP contribution in [0.1, 0.15) is 43.2 Å². The van der Waals surface area contributed by atoms with Crippen LogP contribution in [-0.2, 0) is 17.6 Å². The molecular formula is C24H33ClN4O2. The predicted molar refractivity (Wildman–Crippen MR) is 124 cm³/mol. The monoisotopic (exact) mass is 444 g/mol. The van der Waals surface area contributed by atoms with Gasteiger partial charge in [-0.25, -0.2) is 0 Å². The zero-order valence-corrected chi connectivity index (χ0v) is 19.3. The second kappa shape index (κ2) is 10.0. The number of halogens is 1. The van der Waals surface area contributed by atoms with E-state index in [1.54, 1.807) is 0 Å². The third-order valence-corrected chi connectivity index (χ3v) is 6.98. The lowest BCUT2D eigenvalue weighted by Gasteiger charge is -2.40. The van der Waals surface area contributed by atoms with E-state index in [9.17, 15) is 4.79 Å². The predicted octanol–water partition coefficient (Wildman–Crippen LogP) is 3.85. The summed E-state index contributed by atoms with van der Waals surface area (Å²) < 4.78 is 5.12. The maximum absolute atomic E-state index is 12.1. The van der Waals surface area contributed by atoms with Crippen LogP contribution >= 0.6 is 11.6 Å². The van der Waals surface area contributed by atoms with Crippen molar-refractivity contribution in [2.24, 2.45) is 5.92 Å². The van der Waals surface area contributed by atoms with Crippen LogP contribution in [-0.4, -0.2) is 54.7 Å². The van der Waals surface area contributed by atoms with Crippen molar-refractivity contribution in [1.29, 1.82) is 0 Å². The van der Waals surface area contributed by atoms with E-state index in [0.29, 0.717) is 11.8 Å². The van der Waals surface area contributed by atoms with Gasteiger partial charge >= 0.3 is 0 Å². The fourth-order valence-electron chi connectivity index (χ4n) is 4.80. The molecule has 1 saturated heterocycles. The third kappa shape index (κ3) is 5.60. The number of carbonyl (C=O) groups excluding carboxylic acids is 1. The molecule has 1 aromatic heterocycles. The molecule has 6 nitrogen and oxygen atoms in total. The van der Waals surface area contributed by atoms with Crippen LogP contribution < -0.4 is 10.2 Å². The van der Waals surface area contributed by atoms with Crippen LogP contribution in [0.15, 0.2) is 28.8 Å². The van der Waals surface area contributed by atoms with Crippen molar-refractivity contribution >= 4 is 23.2 Å². The summed E-state index contributed by atoms with van der Waals surface area (Å²) in [5.74, 6) is 1.38. The second-order valence-electron chi connectivity index (χ2n) is 8.92. The SMILES string of the molecule is CCc1c(Cl)cccc1N1CCN(CCC2CC(NC(=O)Cc3cc(C)no3)C2)CC1. The summed E-state index contributed by atoms with van der Waals surface area (Å²) >= 11 is 6.40. The quantitative estimate of drug-likeness (QED) is 0.670. The highest BCUT2D eigenvalue weighted by Crippen LogP contribution is 2.31. The van der Waals surface area contributed by atoms with Crippen molar-refractivity contribution in [1.82, 2.24) is 15.4 Å². The number of carbonyl (C=O) groups is 1. The molecule has 1 aliphatic carbocycles. The number of aryl methyl sites for hydroxylation is 1. The Morgan fingerprint density at radius 2 is 2.03 bits per heavy atom. The first-order valence-corrected chi connectivity index (χ1v) is 11.9. The fourth-order valence-corrected chi connectivity index (χ4v) is 5.10. The Morgan fingerprint density at radius 1 is 1.26 bits per heavy atom. The molecule has 0 radical (unpaired) electrons. The number of nitrogens with zero attached hydrogens (tertiary/aromatic N) is 3. The van der Waals surface area contributed by atoms with Crippen molar-refractivity contribution in [2.45, 2.75) is 52.0 Å². The normalized spacial score (nSPS) is 21.7. The number of benzene rings is 1. The molecule has 0 spiro atoms. The third-order valence-electron chi connectivity index (χ3n) is 6.63. The van der Waals surface area contributed by atoms with Gasteiger partial charge in [-0.05, 0) is 62.8 Å². The zero-order chi connectivity index (χ0) is 21.8. The Morgan fingerprint density at radius 3 is 2.71 bits per heavy atom. The van der Waals surface area contributed by atoms with E-state index in [2.05, 4.69) is 39.3 Å². The maximum Gasteiger partial charge on any atom is 0.227 e. The largest absolute Gasteiger partial charge is 0.369 e. The van der Waals surface area contributed by atoms with Gasteiger partial charge in [-0.15, -0.1) is 0 Å². The van der Waals surface area contributed by atoms with E-state index in [-0.39, 0.29) is 12.3 Å². The number of hydrogen-bond acceptors (Lipinski definition) is 5. The molecule has 168 valence electrons. The first kappa shape index (κ1) is 22.2. The van der Waals surface area contributed by atoms with Crippen molar-refractivity contribution in [3.8, 4) is 0 Å². The summed E-state index contributed by atoms with van der Waals surface area (Å²) in [6.07, 6.45) is 4.63. The lowest BCUT2D eigenvalue weighted by atomic mass is 9.78. The highest BCUT2D eigenvalue weighted by molar-refractivity contribution is 6.31. The Hall–Kier alpha value is -2.05. The van der Waals surface area contributed by atoms with Gasteiger partial charge in [0.2, 0.25) is 5.91 Å². The Bertz CT molecular complexity index is 885. The molecular weight excluding hydrogens is 412 g/mol. The molecule has 2 fully saturated rings. The number of amides is 1. The van der Waals surface area contributed by atoms with Crippen molar-refractivity contribution < 1.29 is 9.32 Å².